The summed E-state index contributed by atoms with van der Waals surface area (Å²) in [6.45, 7) is 3.70. The van der Waals surface area contributed by atoms with Gasteiger partial charge in [0.2, 0.25) is 5.91 Å². The molecule has 2 rings (SSSR count). The lowest BCUT2D eigenvalue weighted by Crippen LogP contribution is -2.48. The fraction of sp³-hybridized carbons (Fsp3) is 0.455. The second-order valence-electron chi connectivity index (χ2n) is 3.89. The SMILES string of the molecule is Cc1cc(NC(=O)C2COCCN2)ncc1Br. The van der Waals surface area contributed by atoms with Crippen LogP contribution < -0.4 is 10.6 Å². The molecule has 1 aromatic rings. The molecule has 0 bridgehead atoms. The van der Waals surface area contributed by atoms with Gasteiger partial charge in [-0.15, -0.1) is 0 Å². The van der Waals surface area contributed by atoms with Crippen LogP contribution in [0.2, 0.25) is 0 Å². The normalized spacial score (nSPS) is 20.0. The van der Waals surface area contributed by atoms with Crippen LogP contribution in [0.15, 0.2) is 16.7 Å². The highest BCUT2D eigenvalue weighted by Gasteiger charge is 2.21. The molecule has 1 amide bonds. The molecule has 1 saturated heterocycles. The number of morpholine rings is 1. The summed E-state index contributed by atoms with van der Waals surface area (Å²) < 4.78 is 6.16. The maximum absolute atomic E-state index is 11.9. The molecule has 5 nitrogen and oxygen atoms in total. The molecule has 2 heterocycles. The van der Waals surface area contributed by atoms with Crippen LogP contribution in [0.1, 0.15) is 5.56 Å². The highest BCUT2D eigenvalue weighted by molar-refractivity contribution is 9.10. The van der Waals surface area contributed by atoms with Crippen LogP contribution in [0.5, 0.6) is 0 Å². The number of nitrogens with one attached hydrogen (secondary N) is 2. The number of pyridine rings is 1. The Kier molecular flexibility index (Phi) is 4.09. The van der Waals surface area contributed by atoms with Gasteiger partial charge in [0.25, 0.3) is 0 Å². The van der Waals surface area contributed by atoms with Crippen molar-refractivity contribution in [3.63, 3.8) is 0 Å². The molecule has 0 radical (unpaired) electrons. The van der Waals surface area contributed by atoms with Gasteiger partial charge < -0.3 is 15.4 Å². The number of hydrogen-bond acceptors (Lipinski definition) is 4. The number of aryl methyl sites for hydroxylation is 1. The van der Waals surface area contributed by atoms with Crippen LogP contribution in [-0.2, 0) is 9.53 Å². The Hall–Kier alpha value is -0.980. The highest BCUT2D eigenvalue weighted by Crippen LogP contribution is 2.17. The molecule has 0 spiro atoms. The lowest BCUT2D eigenvalue weighted by molar-refractivity contribution is -0.120. The number of nitrogens with zero attached hydrogens (tertiary/aromatic N) is 1. The number of hydrogen-bond donors (Lipinski definition) is 2. The number of ether oxygens (including phenoxy) is 1. The average molecular weight is 300 g/mol. The summed E-state index contributed by atoms with van der Waals surface area (Å²) in [4.78, 5) is 16.0. The number of aromatic nitrogens is 1. The zero-order valence-electron chi connectivity index (χ0n) is 9.50. The first-order valence-corrected chi connectivity index (χ1v) is 6.20. The van der Waals surface area contributed by atoms with Crippen LogP contribution in [0, 0.1) is 6.92 Å². The maximum atomic E-state index is 11.9. The van der Waals surface area contributed by atoms with E-state index in [1.54, 1.807) is 6.20 Å². The summed E-state index contributed by atoms with van der Waals surface area (Å²) in [5.41, 5.74) is 1.03. The van der Waals surface area contributed by atoms with E-state index in [0.717, 1.165) is 10.0 Å². The molecular formula is C11H14BrN3O2. The van der Waals surface area contributed by atoms with Crippen molar-refractivity contribution in [1.29, 1.82) is 0 Å². The van der Waals surface area contributed by atoms with E-state index in [-0.39, 0.29) is 11.9 Å². The number of carbonyl (C=O) groups is 1. The first-order chi connectivity index (χ1) is 8.16. The summed E-state index contributed by atoms with van der Waals surface area (Å²) in [7, 11) is 0. The van der Waals surface area contributed by atoms with E-state index < -0.39 is 0 Å². The molecule has 1 aliphatic heterocycles. The van der Waals surface area contributed by atoms with Gasteiger partial charge in [-0.1, -0.05) is 0 Å². The standard InChI is InChI=1S/C11H14BrN3O2/c1-7-4-10(14-5-8(7)12)15-11(16)9-6-17-3-2-13-9/h4-5,9,13H,2-3,6H2,1H3,(H,14,15,16). The van der Waals surface area contributed by atoms with Gasteiger partial charge in [0.15, 0.2) is 0 Å². The van der Waals surface area contributed by atoms with E-state index in [9.17, 15) is 4.79 Å². The second kappa shape index (κ2) is 5.57. The highest BCUT2D eigenvalue weighted by atomic mass is 79.9. The first kappa shape index (κ1) is 12.5. The second-order valence-corrected chi connectivity index (χ2v) is 4.74. The van der Waals surface area contributed by atoms with E-state index in [1.807, 2.05) is 13.0 Å². The fourth-order valence-electron chi connectivity index (χ4n) is 1.55. The molecule has 17 heavy (non-hydrogen) atoms. The summed E-state index contributed by atoms with van der Waals surface area (Å²) in [6.07, 6.45) is 1.68. The van der Waals surface area contributed by atoms with Gasteiger partial charge in [-0.25, -0.2) is 4.98 Å². The van der Waals surface area contributed by atoms with Gasteiger partial charge in [-0.05, 0) is 34.5 Å². The van der Waals surface area contributed by atoms with Crippen molar-refractivity contribution in [3.8, 4) is 0 Å². The van der Waals surface area contributed by atoms with Gasteiger partial charge in [-0.2, -0.15) is 0 Å². The summed E-state index contributed by atoms with van der Waals surface area (Å²) in [5.74, 6) is 0.446. The molecule has 1 aromatic heterocycles. The number of rotatable bonds is 2. The van der Waals surface area contributed by atoms with E-state index in [1.165, 1.54) is 0 Å². The van der Waals surface area contributed by atoms with Crippen LogP contribution in [0.3, 0.4) is 0 Å². The average Bonchev–Trinajstić information content (AvgIpc) is 2.35. The van der Waals surface area contributed by atoms with Crippen molar-refractivity contribution in [2.75, 3.05) is 25.1 Å². The van der Waals surface area contributed by atoms with Gasteiger partial charge in [0.1, 0.15) is 11.9 Å². The van der Waals surface area contributed by atoms with Crippen LogP contribution in [0.4, 0.5) is 5.82 Å². The lowest BCUT2D eigenvalue weighted by Gasteiger charge is -2.22. The lowest BCUT2D eigenvalue weighted by atomic mass is 10.2. The number of amides is 1. The Morgan fingerprint density at radius 1 is 1.71 bits per heavy atom. The number of carbonyl (C=O) groups excluding carboxylic acids is 1. The number of halogens is 1. The molecule has 2 N–H and O–H groups in total. The van der Waals surface area contributed by atoms with E-state index in [4.69, 9.17) is 4.74 Å². The van der Waals surface area contributed by atoms with E-state index >= 15 is 0 Å². The van der Waals surface area contributed by atoms with Crippen molar-refractivity contribution in [2.24, 2.45) is 0 Å². The first-order valence-electron chi connectivity index (χ1n) is 5.41. The van der Waals surface area contributed by atoms with Crippen molar-refractivity contribution in [3.05, 3.63) is 22.3 Å². The maximum Gasteiger partial charge on any atom is 0.245 e. The Morgan fingerprint density at radius 3 is 3.18 bits per heavy atom. The molecular weight excluding hydrogens is 286 g/mol. The minimum atomic E-state index is -0.297. The van der Waals surface area contributed by atoms with Gasteiger partial charge in [0, 0.05) is 17.2 Å². The third kappa shape index (κ3) is 3.24. The molecule has 1 aliphatic rings. The molecule has 1 unspecified atom stereocenters. The smallest absolute Gasteiger partial charge is 0.245 e. The van der Waals surface area contributed by atoms with Crippen LogP contribution >= 0.6 is 15.9 Å². The summed E-state index contributed by atoms with van der Waals surface area (Å²) >= 11 is 3.36. The predicted octanol–water partition coefficient (Wildman–Crippen LogP) is 1.08. The van der Waals surface area contributed by atoms with Crippen molar-refractivity contribution in [1.82, 2.24) is 10.3 Å². The molecule has 1 atom stereocenters. The molecule has 0 aliphatic carbocycles. The van der Waals surface area contributed by atoms with E-state index in [2.05, 4.69) is 31.5 Å². The Labute approximate surface area is 108 Å². The predicted molar refractivity (Wildman–Crippen MR) is 67.9 cm³/mol. The minimum Gasteiger partial charge on any atom is -0.378 e. The topological polar surface area (TPSA) is 63.2 Å². The Balaban J connectivity index is 1.99. The molecule has 92 valence electrons. The Morgan fingerprint density at radius 2 is 2.53 bits per heavy atom. The van der Waals surface area contributed by atoms with Crippen LogP contribution in [0.25, 0.3) is 0 Å². The molecule has 0 aromatic carbocycles. The summed E-state index contributed by atoms with van der Waals surface area (Å²) in [5, 5.41) is 5.86. The minimum absolute atomic E-state index is 0.112. The van der Waals surface area contributed by atoms with Gasteiger partial charge in [0.05, 0.1) is 13.2 Å². The van der Waals surface area contributed by atoms with Crippen molar-refractivity contribution in [2.45, 2.75) is 13.0 Å². The molecule has 1 fully saturated rings. The van der Waals surface area contributed by atoms with Gasteiger partial charge in [-0.3, -0.25) is 4.79 Å². The van der Waals surface area contributed by atoms with Crippen molar-refractivity contribution < 1.29 is 9.53 Å². The summed E-state index contributed by atoms with van der Waals surface area (Å²) in [6, 6.07) is 1.53. The number of anilines is 1. The Bertz CT molecular complexity index is 419. The van der Waals surface area contributed by atoms with Gasteiger partial charge >= 0.3 is 0 Å². The third-order valence-corrected chi connectivity index (χ3v) is 3.37. The largest absolute Gasteiger partial charge is 0.378 e. The zero-order valence-corrected chi connectivity index (χ0v) is 11.1. The quantitative estimate of drug-likeness (QED) is 0.858. The van der Waals surface area contributed by atoms with Crippen molar-refractivity contribution >= 4 is 27.7 Å². The third-order valence-electron chi connectivity index (χ3n) is 2.54. The molecule has 0 saturated carbocycles. The zero-order chi connectivity index (χ0) is 12.3. The molecule has 6 heteroatoms. The van der Waals surface area contributed by atoms with E-state index in [0.29, 0.717) is 25.6 Å². The monoisotopic (exact) mass is 299 g/mol. The fourth-order valence-corrected chi connectivity index (χ4v) is 1.77. The van der Waals surface area contributed by atoms with Crippen LogP contribution in [-0.4, -0.2) is 36.7 Å².